The molecule has 1 atom stereocenters. The first-order valence-electron chi connectivity index (χ1n) is 5.14. The van der Waals surface area contributed by atoms with Gasteiger partial charge in [0.05, 0.1) is 0 Å². The van der Waals surface area contributed by atoms with Gasteiger partial charge in [-0.05, 0) is 32.4 Å². The highest BCUT2D eigenvalue weighted by molar-refractivity contribution is 7.98. The number of anilines is 1. The zero-order valence-corrected chi connectivity index (χ0v) is 11.7. The van der Waals surface area contributed by atoms with Crippen LogP contribution in [-0.2, 0) is 10.0 Å². The van der Waals surface area contributed by atoms with Crippen molar-refractivity contribution in [2.45, 2.75) is 17.9 Å². The third kappa shape index (κ3) is 4.18. The number of pyridine rings is 1. The van der Waals surface area contributed by atoms with Gasteiger partial charge in [-0.3, -0.25) is 0 Å². The van der Waals surface area contributed by atoms with Crippen LogP contribution in [0.1, 0.15) is 6.92 Å². The molecule has 0 saturated heterocycles. The van der Waals surface area contributed by atoms with Gasteiger partial charge in [0.15, 0.2) is 0 Å². The molecule has 1 aromatic rings. The topological polar surface area (TPSA) is 71.1 Å². The van der Waals surface area contributed by atoms with E-state index in [0.29, 0.717) is 11.9 Å². The molecule has 1 aromatic heterocycles. The van der Waals surface area contributed by atoms with Crippen LogP contribution in [0.4, 0.5) is 5.82 Å². The molecule has 17 heavy (non-hydrogen) atoms. The van der Waals surface area contributed by atoms with E-state index in [1.807, 2.05) is 6.26 Å². The molecule has 0 amide bonds. The highest BCUT2D eigenvalue weighted by Gasteiger charge is 2.11. The summed E-state index contributed by atoms with van der Waals surface area (Å²) >= 11 is 1.74. The lowest BCUT2D eigenvalue weighted by atomic mass is 10.4. The van der Waals surface area contributed by atoms with E-state index in [0.717, 1.165) is 5.75 Å². The number of aromatic nitrogens is 1. The van der Waals surface area contributed by atoms with E-state index in [-0.39, 0.29) is 4.90 Å². The maximum absolute atomic E-state index is 11.5. The molecule has 5 nitrogen and oxygen atoms in total. The number of rotatable bonds is 6. The maximum Gasteiger partial charge on any atom is 0.241 e. The molecule has 1 unspecified atom stereocenters. The zero-order valence-electron chi connectivity index (χ0n) is 10.1. The predicted molar refractivity (Wildman–Crippen MR) is 71.9 cm³/mol. The van der Waals surface area contributed by atoms with Gasteiger partial charge in [-0.15, -0.1) is 0 Å². The first-order chi connectivity index (χ1) is 7.99. The Kier molecular flexibility index (Phi) is 5.23. The van der Waals surface area contributed by atoms with Crippen molar-refractivity contribution in [3.05, 3.63) is 18.3 Å². The Bertz CT molecular complexity index is 445. The number of hydrogen-bond acceptors (Lipinski definition) is 5. The van der Waals surface area contributed by atoms with Gasteiger partial charge in [0.25, 0.3) is 0 Å². The van der Waals surface area contributed by atoms with Crippen molar-refractivity contribution in [3.63, 3.8) is 0 Å². The monoisotopic (exact) mass is 275 g/mol. The molecule has 0 saturated carbocycles. The Balaban J connectivity index is 2.75. The van der Waals surface area contributed by atoms with Gasteiger partial charge in [-0.25, -0.2) is 18.1 Å². The largest absolute Gasteiger partial charge is 0.367 e. The molecule has 1 heterocycles. The van der Waals surface area contributed by atoms with Gasteiger partial charge >= 0.3 is 0 Å². The minimum atomic E-state index is -3.40. The summed E-state index contributed by atoms with van der Waals surface area (Å²) in [5.74, 6) is 1.65. The number of sulfonamides is 1. The van der Waals surface area contributed by atoms with Gasteiger partial charge in [0, 0.05) is 18.0 Å². The van der Waals surface area contributed by atoms with Crippen molar-refractivity contribution < 1.29 is 8.42 Å². The molecule has 0 spiro atoms. The van der Waals surface area contributed by atoms with E-state index < -0.39 is 10.0 Å². The number of nitrogens with zero attached hydrogens (tertiary/aromatic N) is 1. The molecule has 0 radical (unpaired) electrons. The second-order valence-corrected chi connectivity index (χ2v) is 6.38. The minimum Gasteiger partial charge on any atom is -0.367 e. The fourth-order valence-corrected chi connectivity index (χ4v) is 2.54. The number of nitrogens with one attached hydrogen (secondary N) is 2. The lowest BCUT2D eigenvalue weighted by Crippen LogP contribution is -2.20. The molecule has 0 aliphatic rings. The third-order valence-electron chi connectivity index (χ3n) is 2.13. The molecule has 96 valence electrons. The van der Waals surface area contributed by atoms with Gasteiger partial charge in [-0.1, -0.05) is 0 Å². The van der Waals surface area contributed by atoms with E-state index in [2.05, 4.69) is 21.9 Å². The van der Waals surface area contributed by atoms with Crippen molar-refractivity contribution in [2.24, 2.45) is 0 Å². The zero-order chi connectivity index (χ0) is 12.9. The quantitative estimate of drug-likeness (QED) is 0.815. The maximum atomic E-state index is 11.5. The molecule has 2 N–H and O–H groups in total. The summed E-state index contributed by atoms with van der Waals surface area (Å²) in [6, 6.07) is 3.50. The predicted octanol–water partition coefficient (Wildman–Crippen LogP) is 1.15. The molecular formula is C10H17N3O2S2. The Labute approximate surface area is 106 Å². The van der Waals surface area contributed by atoms with E-state index in [4.69, 9.17) is 0 Å². The number of hydrogen-bond donors (Lipinski definition) is 2. The van der Waals surface area contributed by atoms with E-state index >= 15 is 0 Å². The van der Waals surface area contributed by atoms with E-state index in [1.165, 1.54) is 19.3 Å². The van der Waals surface area contributed by atoms with Crippen LogP contribution in [-0.4, -0.2) is 38.5 Å². The summed E-state index contributed by atoms with van der Waals surface area (Å²) in [5.41, 5.74) is 0. The molecule has 0 aliphatic carbocycles. The van der Waals surface area contributed by atoms with Crippen LogP contribution in [0.5, 0.6) is 0 Å². The summed E-state index contributed by atoms with van der Waals surface area (Å²) in [7, 11) is -2.02. The first kappa shape index (κ1) is 14.3. The Morgan fingerprint density at radius 3 is 2.65 bits per heavy atom. The third-order valence-corrected chi connectivity index (χ3v) is 4.36. The van der Waals surface area contributed by atoms with E-state index in [9.17, 15) is 8.42 Å². The van der Waals surface area contributed by atoms with Crippen molar-refractivity contribution in [3.8, 4) is 0 Å². The minimum absolute atomic E-state index is 0.170. The van der Waals surface area contributed by atoms with Crippen LogP contribution in [0.2, 0.25) is 0 Å². The van der Waals surface area contributed by atoms with Crippen LogP contribution in [0.15, 0.2) is 23.2 Å². The average molecular weight is 275 g/mol. The highest BCUT2D eigenvalue weighted by Crippen LogP contribution is 2.11. The second kappa shape index (κ2) is 6.23. The normalized spacial score (nSPS) is 13.4. The van der Waals surface area contributed by atoms with E-state index in [1.54, 1.807) is 17.8 Å². The van der Waals surface area contributed by atoms with Crippen molar-refractivity contribution in [1.29, 1.82) is 0 Å². The highest BCUT2D eigenvalue weighted by atomic mass is 32.2. The summed E-state index contributed by atoms with van der Waals surface area (Å²) < 4.78 is 25.2. The van der Waals surface area contributed by atoms with Gasteiger partial charge < -0.3 is 5.32 Å². The summed E-state index contributed by atoms with van der Waals surface area (Å²) in [4.78, 5) is 4.25. The molecule has 0 bridgehead atoms. The van der Waals surface area contributed by atoms with Crippen LogP contribution in [0.3, 0.4) is 0 Å². The van der Waals surface area contributed by atoms with Crippen LogP contribution < -0.4 is 10.0 Å². The van der Waals surface area contributed by atoms with Crippen molar-refractivity contribution in [2.75, 3.05) is 24.4 Å². The SMILES string of the molecule is CNS(=O)(=O)c1ccc(NC(C)CSC)nc1. The summed E-state index contributed by atoms with van der Waals surface area (Å²) in [6.07, 6.45) is 3.38. The lowest BCUT2D eigenvalue weighted by Gasteiger charge is -2.13. The van der Waals surface area contributed by atoms with Crippen LogP contribution in [0, 0.1) is 0 Å². The summed E-state index contributed by atoms with van der Waals surface area (Å²) in [6.45, 7) is 2.05. The van der Waals surface area contributed by atoms with Gasteiger partial charge in [0.2, 0.25) is 10.0 Å². The van der Waals surface area contributed by atoms with Crippen molar-refractivity contribution >= 4 is 27.6 Å². The van der Waals surface area contributed by atoms with Gasteiger partial charge in [0.1, 0.15) is 10.7 Å². The molecule has 0 fully saturated rings. The van der Waals surface area contributed by atoms with Gasteiger partial charge in [-0.2, -0.15) is 11.8 Å². The lowest BCUT2D eigenvalue weighted by molar-refractivity contribution is 0.588. The second-order valence-electron chi connectivity index (χ2n) is 3.59. The van der Waals surface area contributed by atoms with Crippen molar-refractivity contribution in [1.82, 2.24) is 9.71 Å². The molecule has 1 rings (SSSR count). The number of thioether (sulfide) groups is 1. The Morgan fingerprint density at radius 2 is 2.18 bits per heavy atom. The standard InChI is InChI=1S/C10H17N3O2S2/c1-8(7-16-3)13-10-5-4-9(6-12-10)17(14,15)11-2/h4-6,8,11H,7H2,1-3H3,(H,12,13). The molecule has 0 aliphatic heterocycles. The average Bonchev–Trinajstić information content (AvgIpc) is 2.30. The Morgan fingerprint density at radius 1 is 1.47 bits per heavy atom. The Hall–Kier alpha value is -0.790. The van der Waals surface area contributed by atoms with Crippen LogP contribution in [0.25, 0.3) is 0 Å². The van der Waals surface area contributed by atoms with Crippen LogP contribution >= 0.6 is 11.8 Å². The first-order valence-corrected chi connectivity index (χ1v) is 8.02. The smallest absolute Gasteiger partial charge is 0.241 e. The summed E-state index contributed by atoms with van der Waals surface area (Å²) in [5, 5.41) is 3.19. The fourth-order valence-electron chi connectivity index (χ4n) is 1.29. The fraction of sp³-hybridized carbons (Fsp3) is 0.500. The molecular weight excluding hydrogens is 258 g/mol. The molecule has 7 heteroatoms. The molecule has 0 aromatic carbocycles.